The Hall–Kier alpha value is -0.820. The number of guanidine groups is 1. The fourth-order valence-electron chi connectivity index (χ4n) is 1.89. The highest BCUT2D eigenvalue weighted by Crippen LogP contribution is 2.24. The van der Waals surface area contributed by atoms with Gasteiger partial charge in [0.1, 0.15) is 0 Å². The highest BCUT2D eigenvalue weighted by molar-refractivity contribution is 14.0. The molecule has 2 rings (SSSR count). The largest absolute Gasteiger partial charge is 0.377 e. The molecule has 1 aliphatic carbocycles. The van der Waals surface area contributed by atoms with Gasteiger partial charge in [0.05, 0.1) is 13.2 Å². The van der Waals surface area contributed by atoms with Crippen LogP contribution in [0, 0.1) is 0 Å². The minimum absolute atomic E-state index is 0. The van der Waals surface area contributed by atoms with Crippen LogP contribution in [-0.4, -0.2) is 30.6 Å². The molecule has 1 fully saturated rings. The number of hydrogen-bond acceptors (Lipinski definition) is 2. The van der Waals surface area contributed by atoms with E-state index in [0.29, 0.717) is 25.2 Å². The zero-order valence-electron chi connectivity index (χ0n) is 12.2. The number of hydrogen-bond donors (Lipinski definition) is 1. The van der Waals surface area contributed by atoms with Gasteiger partial charge in [-0.2, -0.15) is 0 Å². The van der Waals surface area contributed by atoms with Crippen LogP contribution in [0.3, 0.4) is 0 Å². The summed E-state index contributed by atoms with van der Waals surface area (Å²) in [6.45, 7) is 4.06. The van der Waals surface area contributed by atoms with Crippen molar-refractivity contribution in [1.82, 2.24) is 4.90 Å². The molecule has 0 unspecified atom stereocenters. The minimum Gasteiger partial charge on any atom is -0.377 e. The molecular weight excluding hydrogens is 365 g/mol. The first kappa shape index (κ1) is 17.2. The van der Waals surface area contributed by atoms with E-state index in [-0.39, 0.29) is 24.0 Å². The smallest absolute Gasteiger partial charge is 0.191 e. The van der Waals surface area contributed by atoms with Crippen LogP contribution in [0.25, 0.3) is 0 Å². The number of ether oxygens (including phenoxy) is 1. The maximum absolute atomic E-state index is 5.96. The third-order valence-electron chi connectivity index (χ3n) is 3.38. The monoisotopic (exact) mass is 389 g/mol. The molecule has 5 heteroatoms. The molecule has 0 atom stereocenters. The van der Waals surface area contributed by atoms with Crippen molar-refractivity contribution >= 4 is 29.9 Å². The fourth-order valence-corrected chi connectivity index (χ4v) is 1.89. The topological polar surface area (TPSA) is 50.9 Å². The number of halogens is 1. The molecule has 0 radical (unpaired) electrons. The molecule has 0 saturated heterocycles. The van der Waals surface area contributed by atoms with Gasteiger partial charge in [0.2, 0.25) is 0 Å². The Morgan fingerprint density at radius 3 is 2.45 bits per heavy atom. The molecule has 1 aromatic rings. The molecule has 0 aromatic heterocycles. The predicted octanol–water partition coefficient (Wildman–Crippen LogP) is 2.75. The van der Waals surface area contributed by atoms with E-state index in [1.54, 1.807) is 0 Å². The van der Waals surface area contributed by atoms with Gasteiger partial charge in [-0.3, -0.25) is 0 Å². The average molecular weight is 389 g/mol. The molecule has 4 nitrogen and oxygen atoms in total. The molecule has 0 spiro atoms. The Morgan fingerprint density at radius 2 is 1.90 bits per heavy atom. The molecule has 0 aliphatic heterocycles. The quantitative estimate of drug-likeness (QED) is 0.463. The number of benzene rings is 1. The second kappa shape index (κ2) is 8.46. The van der Waals surface area contributed by atoms with Crippen molar-refractivity contribution in [2.24, 2.45) is 10.7 Å². The molecule has 0 bridgehead atoms. The molecule has 20 heavy (non-hydrogen) atoms. The lowest BCUT2D eigenvalue weighted by atomic mass is 10.1. The SMILES string of the molecule is CCOCc1ccc(CN=C(N)N(C)C2CC2)cc1.I. The number of rotatable bonds is 6. The lowest BCUT2D eigenvalue weighted by Gasteiger charge is -2.16. The Labute approximate surface area is 138 Å². The summed E-state index contributed by atoms with van der Waals surface area (Å²) in [5, 5.41) is 0. The van der Waals surface area contributed by atoms with E-state index in [1.807, 2.05) is 14.0 Å². The first-order valence-electron chi connectivity index (χ1n) is 6.89. The number of nitrogens with zero attached hydrogens (tertiary/aromatic N) is 2. The summed E-state index contributed by atoms with van der Waals surface area (Å²) in [7, 11) is 2.02. The van der Waals surface area contributed by atoms with Gasteiger partial charge in [0.25, 0.3) is 0 Å². The lowest BCUT2D eigenvalue weighted by Crippen LogP contribution is -2.35. The Balaban J connectivity index is 0.00000200. The fraction of sp³-hybridized carbons (Fsp3) is 0.533. The third-order valence-corrected chi connectivity index (χ3v) is 3.38. The lowest BCUT2D eigenvalue weighted by molar-refractivity contribution is 0.134. The van der Waals surface area contributed by atoms with Crippen LogP contribution in [0.5, 0.6) is 0 Å². The second-order valence-electron chi connectivity index (χ2n) is 4.97. The van der Waals surface area contributed by atoms with Crippen LogP contribution in [-0.2, 0) is 17.9 Å². The molecule has 2 N–H and O–H groups in total. The van der Waals surface area contributed by atoms with Crippen molar-refractivity contribution in [3.8, 4) is 0 Å². The van der Waals surface area contributed by atoms with E-state index in [0.717, 1.165) is 6.61 Å². The minimum atomic E-state index is 0. The van der Waals surface area contributed by atoms with Crippen molar-refractivity contribution in [2.75, 3.05) is 13.7 Å². The second-order valence-corrected chi connectivity index (χ2v) is 4.97. The molecule has 1 aromatic carbocycles. The Kier molecular flexibility index (Phi) is 7.29. The highest BCUT2D eigenvalue weighted by atomic mass is 127. The van der Waals surface area contributed by atoms with Crippen LogP contribution >= 0.6 is 24.0 Å². The standard InChI is InChI=1S/C15H23N3O.HI/c1-3-19-11-13-6-4-12(5-7-13)10-17-15(16)18(2)14-8-9-14;/h4-7,14H,3,8-11H2,1-2H3,(H2,16,17);1H. The first-order valence-corrected chi connectivity index (χ1v) is 6.89. The average Bonchev–Trinajstić information content (AvgIpc) is 3.27. The van der Waals surface area contributed by atoms with Crippen molar-refractivity contribution in [2.45, 2.75) is 39.0 Å². The summed E-state index contributed by atoms with van der Waals surface area (Å²) < 4.78 is 5.37. The van der Waals surface area contributed by atoms with E-state index in [2.05, 4.69) is 34.2 Å². The summed E-state index contributed by atoms with van der Waals surface area (Å²) >= 11 is 0. The summed E-state index contributed by atoms with van der Waals surface area (Å²) in [4.78, 5) is 6.51. The van der Waals surface area contributed by atoms with Gasteiger partial charge in [-0.1, -0.05) is 24.3 Å². The van der Waals surface area contributed by atoms with Gasteiger partial charge in [-0.25, -0.2) is 4.99 Å². The van der Waals surface area contributed by atoms with Gasteiger partial charge in [0.15, 0.2) is 5.96 Å². The summed E-state index contributed by atoms with van der Waals surface area (Å²) in [5.74, 6) is 0.640. The summed E-state index contributed by atoms with van der Waals surface area (Å²) in [6, 6.07) is 8.95. The maximum Gasteiger partial charge on any atom is 0.191 e. The van der Waals surface area contributed by atoms with Crippen molar-refractivity contribution in [3.05, 3.63) is 35.4 Å². The van der Waals surface area contributed by atoms with Gasteiger partial charge < -0.3 is 15.4 Å². The van der Waals surface area contributed by atoms with Crippen LogP contribution < -0.4 is 5.73 Å². The number of aliphatic imine (C=N–C) groups is 1. The molecule has 0 heterocycles. The van der Waals surface area contributed by atoms with E-state index < -0.39 is 0 Å². The van der Waals surface area contributed by atoms with Crippen LogP contribution in [0.4, 0.5) is 0 Å². The zero-order chi connectivity index (χ0) is 13.7. The van der Waals surface area contributed by atoms with Crippen LogP contribution in [0.1, 0.15) is 30.9 Å². The molecule has 0 amide bonds. The van der Waals surface area contributed by atoms with Crippen molar-refractivity contribution < 1.29 is 4.74 Å². The van der Waals surface area contributed by atoms with Crippen molar-refractivity contribution in [3.63, 3.8) is 0 Å². The van der Waals surface area contributed by atoms with Gasteiger partial charge in [-0.05, 0) is 30.9 Å². The van der Waals surface area contributed by atoms with Gasteiger partial charge in [-0.15, -0.1) is 24.0 Å². The van der Waals surface area contributed by atoms with E-state index in [9.17, 15) is 0 Å². The molecule has 1 aliphatic rings. The van der Waals surface area contributed by atoms with E-state index >= 15 is 0 Å². The predicted molar refractivity (Wildman–Crippen MR) is 93.3 cm³/mol. The molecular formula is C15H24IN3O. The maximum atomic E-state index is 5.96. The zero-order valence-corrected chi connectivity index (χ0v) is 14.5. The summed E-state index contributed by atoms with van der Waals surface area (Å²) in [6.07, 6.45) is 2.47. The number of nitrogens with two attached hydrogens (primary N) is 1. The van der Waals surface area contributed by atoms with Crippen LogP contribution in [0.15, 0.2) is 29.3 Å². The van der Waals surface area contributed by atoms with E-state index in [4.69, 9.17) is 10.5 Å². The Morgan fingerprint density at radius 1 is 1.30 bits per heavy atom. The third kappa shape index (κ3) is 5.28. The van der Waals surface area contributed by atoms with Crippen molar-refractivity contribution in [1.29, 1.82) is 0 Å². The van der Waals surface area contributed by atoms with Crippen LogP contribution in [0.2, 0.25) is 0 Å². The molecule has 1 saturated carbocycles. The normalized spacial score (nSPS) is 14.8. The van der Waals surface area contributed by atoms with E-state index in [1.165, 1.54) is 24.0 Å². The van der Waals surface area contributed by atoms with Gasteiger partial charge >= 0.3 is 0 Å². The Bertz CT molecular complexity index is 429. The highest BCUT2D eigenvalue weighted by Gasteiger charge is 2.27. The summed E-state index contributed by atoms with van der Waals surface area (Å²) in [5.41, 5.74) is 8.32. The first-order chi connectivity index (χ1) is 9.20. The van der Waals surface area contributed by atoms with Gasteiger partial charge in [0, 0.05) is 19.7 Å². The molecule has 112 valence electrons.